The standard InChI is InChI=1S/C16H28/c1-3-5-7-11-15-13-9-10-14-16(15)12-8-6-4-2/h11-12H,3-10,13-14H2,1-2H3/b15-11-,16-12+. The SMILES string of the molecule is CCCC/C=C1/CCCC/C1=C\CCCC. The minimum Gasteiger partial charge on any atom is -0.0811 e. The molecule has 0 heteroatoms. The average Bonchev–Trinajstić information content (AvgIpc) is 2.32. The van der Waals surface area contributed by atoms with Crippen LogP contribution in [0.2, 0.25) is 0 Å². The Bertz CT molecular complexity index is 206. The van der Waals surface area contributed by atoms with Gasteiger partial charge in [0, 0.05) is 0 Å². The minimum absolute atomic E-state index is 1.29. The number of hydrogen-bond donors (Lipinski definition) is 0. The molecule has 1 saturated carbocycles. The molecular weight excluding hydrogens is 192 g/mol. The molecule has 0 aromatic rings. The lowest BCUT2D eigenvalue weighted by Gasteiger charge is -2.18. The number of unbranched alkanes of at least 4 members (excludes halogenated alkanes) is 4. The fourth-order valence-corrected chi connectivity index (χ4v) is 2.38. The summed E-state index contributed by atoms with van der Waals surface area (Å²) in [6.45, 7) is 4.55. The van der Waals surface area contributed by atoms with Crippen LogP contribution in [0.1, 0.15) is 78.1 Å². The Morgan fingerprint density at radius 3 is 1.62 bits per heavy atom. The van der Waals surface area contributed by atoms with Gasteiger partial charge in [-0.05, 0) is 49.7 Å². The van der Waals surface area contributed by atoms with Crippen LogP contribution in [0.3, 0.4) is 0 Å². The maximum absolute atomic E-state index is 2.51. The molecule has 0 unspecified atom stereocenters. The van der Waals surface area contributed by atoms with Crippen molar-refractivity contribution < 1.29 is 0 Å². The predicted octanol–water partition coefficient (Wildman–Crippen LogP) is 5.79. The largest absolute Gasteiger partial charge is 0.0811 e. The molecule has 92 valence electrons. The van der Waals surface area contributed by atoms with Gasteiger partial charge in [-0.15, -0.1) is 0 Å². The van der Waals surface area contributed by atoms with E-state index in [1.165, 1.54) is 64.2 Å². The molecule has 1 aliphatic carbocycles. The van der Waals surface area contributed by atoms with Crippen molar-refractivity contribution in [3.05, 3.63) is 23.3 Å². The summed E-state index contributed by atoms with van der Waals surface area (Å²) in [7, 11) is 0. The third kappa shape index (κ3) is 5.01. The van der Waals surface area contributed by atoms with E-state index in [1.807, 2.05) is 0 Å². The van der Waals surface area contributed by atoms with Gasteiger partial charge in [0.15, 0.2) is 0 Å². The summed E-state index contributed by atoms with van der Waals surface area (Å²) < 4.78 is 0. The minimum atomic E-state index is 1.29. The van der Waals surface area contributed by atoms with Crippen molar-refractivity contribution in [1.82, 2.24) is 0 Å². The van der Waals surface area contributed by atoms with Crippen molar-refractivity contribution in [1.29, 1.82) is 0 Å². The van der Waals surface area contributed by atoms with Gasteiger partial charge in [0.05, 0.1) is 0 Å². The van der Waals surface area contributed by atoms with E-state index in [2.05, 4.69) is 26.0 Å². The molecule has 0 aliphatic heterocycles. The van der Waals surface area contributed by atoms with Crippen LogP contribution in [0.25, 0.3) is 0 Å². The summed E-state index contributed by atoms with van der Waals surface area (Å²) in [4.78, 5) is 0. The summed E-state index contributed by atoms with van der Waals surface area (Å²) in [6, 6.07) is 0. The van der Waals surface area contributed by atoms with Gasteiger partial charge in [-0.1, -0.05) is 51.7 Å². The van der Waals surface area contributed by atoms with Crippen LogP contribution < -0.4 is 0 Å². The highest BCUT2D eigenvalue weighted by Gasteiger charge is 2.10. The van der Waals surface area contributed by atoms with Gasteiger partial charge in [0.1, 0.15) is 0 Å². The molecule has 0 nitrogen and oxygen atoms in total. The fourth-order valence-electron chi connectivity index (χ4n) is 2.38. The summed E-state index contributed by atoms with van der Waals surface area (Å²) in [5, 5.41) is 0. The monoisotopic (exact) mass is 220 g/mol. The van der Waals surface area contributed by atoms with Crippen LogP contribution in [0.4, 0.5) is 0 Å². The van der Waals surface area contributed by atoms with Gasteiger partial charge in [-0.2, -0.15) is 0 Å². The number of hydrogen-bond acceptors (Lipinski definition) is 0. The Labute approximate surface area is 102 Å². The highest BCUT2D eigenvalue weighted by Crippen LogP contribution is 2.29. The van der Waals surface area contributed by atoms with Crippen LogP contribution in [-0.2, 0) is 0 Å². The molecule has 1 rings (SSSR count). The highest BCUT2D eigenvalue weighted by atomic mass is 14.2. The lowest BCUT2D eigenvalue weighted by atomic mass is 9.88. The third-order valence-electron chi connectivity index (χ3n) is 3.45. The van der Waals surface area contributed by atoms with Crippen LogP contribution in [0, 0.1) is 0 Å². The lowest BCUT2D eigenvalue weighted by molar-refractivity contribution is 0.667. The summed E-state index contributed by atoms with van der Waals surface area (Å²) in [5.74, 6) is 0. The van der Waals surface area contributed by atoms with Gasteiger partial charge < -0.3 is 0 Å². The first-order chi connectivity index (χ1) is 7.88. The molecule has 1 aliphatic rings. The van der Waals surface area contributed by atoms with Gasteiger partial charge >= 0.3 is 0 Å². The van der Waals surface area contributed by atoms with Crippen molar-refractivity contribution in [2.75, 3.05) is 0 Å². The normalized spacial score (nSPS) is 21.9. The molecule has 0 spiro atoms. The Morgan fingerprint density at radius 1 is 0.812 bits per heavy atom. The fraction of sp³-hybridized carbons (Fsp3) is 0.750. The Balaban J connectivity index is 2.49. The van der Waals surface area contributed by atoms with Crippen molar-refractivity contribution in [2.24, 2.45) is 0 Å². The number of allylic oxidation sites excluding steroid dienone is 4. The molecule has 16 heavy (non-hydrogen) atoms. The third-order valence-corrected chi connectivity index (χ3v) is 3.45. The van der Waals surface area contributed by atoms with Gasteiger partial charge in [0.25, 0.3) is 0 Å². The second-order valence-electron chi connectivity index (χ2n) is 4.95. The lowest BCUT2D eigenvalue weighted by Crippen LogP contribution is -1.99. The second kappa shape index (κ2) is 8.61. The maximum Gasteiger partial charge on any atom is -0.0279 e. The van der Waals surface area contributed by atoms with Crippen molar-refractivity contribution in [2.45, 2.75) is 78.1 Å². The molecule has 0 N–H and O–H groups in total. The van der Waals surface area contributed by atoms with E-state index in [0.717, 1.165) is 0 Å². The van der Waals surface area contributed by atoms with Crippen LogP contribution in [0.5, 0.6) is 0 Å². The number of rotatable bonds is 6. The summed E-state index contributed by atoms with van der Waals surface area (Å²) >= 11 is 0. The van der Waals surface area contributed by atoms with Crippen molar-refractivity contribution >= 4 is 0 Å². The molecule has 1 fully saturated rings. The molecule has 0 aromatic heterocycles. The molecule has 0 aromatic carbocycles. The van der Waals surface area contributed by atoms with Crippen LogP contribution >= 0.6 is 0 Å². The average molecular weight is 220 g/mol. The van der Waals surface area contributed by atoms with E-state index >= 15 is 0 Å². The molecule has 0 radical (unpaired) electrons. The zero-order valence-electron chi connectivity index (χ0n) is 11.2. The smallest absolute Gasteiger partial charge is 0.0279 e. The van der Waals surface area contributed by atoms with Crippen molar-refractivity contribution in [3.63, 3.8) is 0 Å². The molecule has 0 atom stereocenters. The summed E-state index contributed by atoms with van der Waals surface area (Å²) in [6.07, 6.45) is 18.4. The van der Waals surface area contributed by atoms with E-state index in [0.29, 0.717) is 0 Å². The van der Waals surface area contributed by atoms with Gasteiger partial charge in [-0.25, -0.2) is 0 Å². The topological polar surface area (TPSA) is 0 Å². The molecule has 0 amide bonds. The molecule has 0 saturated heterocycles. The Hall–Kier alpha value is -0.520. The van der Waals surface area contributed by atoms with E-state index in [-0.39, 0.29) is 0 Å². The van der Waals surface area contributed by atoms with E-state index in [9.17, 15) is 0 Å². The zero-order valence-corrected chi connectivity index (χ0v) is 11.2. The van der Waals surface area contributed by atoms with E-state index < -0.39 is 0 Å². The Kier molecular flexibility index (Phi) is 7.29. The summed E-state index contributed by atoms with van der Waals surface area (Å²) in [5.41, 5.74) is 3.35. The predicted molar refractivity (Wildman–Crippen MR) is 73.7 cm³/mol. The Morgan fingerprint density at radius 2 is 1.25 bits per heavy atom. The molecular formula is C16H28. The maximum atomic E-state index is 2.51. The van der Waals surface area contributed by atoms with Crippen LogP contribution in [-0.4, -0.2) is 0 Å². The highest BCUT2D eigenvalue weighted by molar-refractivity contribution is 5.32. The first kappa shape index (κ1) is 13.5. The van der Waals surface area contributed by atoms with Crippen LogP contribution in [0.15, 0.2) is 23.3 Å². The quantitative estimate of drug-likeness (QED) is 0.497. The van der Waals surface area contributed by atoms with Gasteiger partial charge in [-0.3, -0.25) is 0 Å². The molecule has 0 bridgehead atoms. The van der Waals surface area contributed by atoms with E-state index in [4.69, 9.17) is 0 Å². The van der Waals surface area contributed by atoms with E-state index in [1.54, 1.807) is 11.1 Å². The van der Waals surface area contributed by atoms with Crippen molar-refractivity contribution in [3.8, 4) is 0 Å². The first-order valence-corrected chi connectivity index (χ1v) is 7.27. The van der Waals surface area contributed by atoms with Gasteiger partial charge in [0.2, 0.25) is 0 Å². The molecule has 0 heterocycles. The first-order valence-electron chi connectivity index (χ1n) is 7.27. The zero-order chi connectivity index (χ0) is 11.6. The second-order valence-corrected chi connectivity index (χ2v) is 4.95.